The number of aryl methyl sites for hydroxylation is 1. The van der Waals surface area contributed by atoms with Crippen LogP contribution in [0.5, 0.6) is 0 Å². The number of hydrogen-bond acceptors (Lipinski definition) is 2. The molecule has 0 saturated heterocycles. The standard InChI is InChI=1S/C6H9NO.C4H10/c1-5-2-3-6(4-7)8-5;1-3-4-2/h2-3H,4,7H2,1H3;3-4H2,1-2H3. The van der Waals surface area contributed by atoms with Crippen molar-refractivity contribution in [2.75, 3.05) is 0 Å². The van der Waals surface area contributed by atoms with Crippen LogP contribution in [0.25, 0.3) is 0 Å². The highest BCUT2D eigenvalue weighted by Crippen LogP contribution is 2.03. The lowest BCUT2D eigenvalue weighted by atomic mass is 10.4. The average Bonchev–Trinajstić information content (AvgIpc) is 2.52. The Bertz CT molecular complexity index is 191. The van der Waals surface area contributed by atoms with Gasteiger partial charge in [0.25, 0.3) is 0 Å². The van der Waals surface area contributed by atoms with Crippen LogP contribution < -0.4 is 5.73 Å². The molecule has 12 heavy (non-hydrogen) atoms. The van der Waals surface area contributed by atoms with E-state index in [0.717, 1.165) is 11.5 Å². The number of rotatable bonds is 2. The van der Waals surface area contributed by atoms with Crippen LogP contribution in [0.1, 0.15) is 38.2 Å². The fraction of sp³-hybridized carbons (Fsp3) is 0.600. The third kappa shape index (κ3) is 4.97. The second kappa shape index (κ2) is 6.92. The highest BCUT2D eigenvalue weighted by molar-refractivity contribution is 5.04. The first-order chi connectivity index (χ1) is 5.74. The van der Waals surface area contributed by atoms with E-state index >= 15 is 0 Å². The van der Waals surface area contributed by atoms with E-state index in [-0.39, 0.29) is 0 Å². The highest BCUT2D eigenvalue weighted by atomic mass is 16.3. The second-order valence-electron chi connectivity index (χ2n) is 2.72. The molecule has 0 atom stereocenters. The van der Waals surface area contributed by atoms with E-state index in [1.165, 1.54) is 12.8 Å². The molecule has 0 saturated carbocycles. The maximum Gasteiger partial charge on any atom is 0.117 e. The van der Waals surface area contributed by atoms with Gasteiger partial charge in [-0.15, -0.1) is 0 Å². The number of unbranched alkanes of at least 4 members (excludes halogenated alkanes) is 1. The lowest BCUT2D eigenvalue weighted by Gasteiger charge is -1.83. The van der Waals surface area contributed by atoms with Crippen molar-refractivity contribution in [3.63, 3.8) is 0 Å². The van der Waals surface area contributed by atoms with Crippen molar-refractivity contribution in [2.45, 2.75) is 40.2 Å². The predicted molar refractivity (Wildman–Crippen MR) is 51.9 cm³/mol. The van der Waals surface area contributed by atoms with Crippen molar-refractivity contribution >= 4 is 0 Å². The molecule has 2 heteroatoms. The van der Waals surface area contributed by atoms with Gasteiger partial charge in [0.15, 0.2) is 0 Å². The maximum absolute atomic E-state index is 5.27. The quantitative estimate of drug-likeness (QED) is 0.739. The van der Waals surface area contributed by atoms with Crippen molar-refractivity contribution in [3.05, 3.63) is 23.7 Å². The summed E-state index contributed by atoms with van der Waals surface area (Å²) in [6.45, 7) is 6.76. The molecular weight excluding hydrogens is 150 g/mol. The molecule has 0 aliphatic rings. The van der Waals surface area contributed by atoms with Crippen LogP contribution in [0, 0.1) is 6.92 Å². The zero-order valence-corrected chi connectivity index (χ0v) is 8.26. The van der Waals surface area contributed by atoms with Gasteiger partial charge in [-0.2, -0.15) is 0 Å². The lowest BCUT2D eigenvalue weighted by Crippen LogP contribution is -1.92. The minimum atomic E-state index is 0.494. The van der Waals surface area contributed by atoms with Crippen LogP contribution in [0.15, 0.2) is 16.5 Å². The zero-order chi connectivity index (χ0) is 9.40. The summed E-state index contributed by atoms with van der Waals surface area (Å²) in [7, 11) is 0. The van der Waals surface area contributed by atoms with Crippen LogP contribution in [-0.2, 0) is 6.54 Å². The summed E-state index contributed by atoms with van der Waals surface area (Å²) >= 11 is 0. The Morgan fingerprint density at radius 3 is 2.00 bits per heavy atom. The minimum Gasteiger partial charge on any atom is -0.465 e. The van der Waals surface area contributed by atoms with Crippen molar-refractivity contribution in [1.29, 1.82) is 0 Å². The molecule has 0 bridgehead atoms. The van der Waals surface area contributed by atoms with E-state index in [4.69, 9.17) is 10.2 Å². The first kappa shape index (κ1) is 11.2. The Morgan fingerprint density at radius 1 is 1.25 bits per heavy atom. The molecule has 1 aromatic rings. The predicted octanol–water partition coefficient (Wildman–Crippen LogP) is 2.85. The second-order valence-corrected chi connectivity index (χ2v) is 2.72. The molecule has 2 nitrogen and oxygen atoms in total. The van der Waals surface area contributed by atoms with E-state index in [9.17, 15) is 0 Å². The molecular formula is C10H19NO. The third-order valence-corrected chi connectivity index (χ3v) is 1.50. The van der Waals surface area contributed by atoms with Gasteiger partial charge < -0.3 is 10.2 Å². The summed E-state index contributed by atoms with van der Waals surface area (Å²) in [4.78, 5) is 0. The molecule has 1 aromatic heterocycles. The summed E-state index contributed by atoms with van der Waals surface area (Å²) < 4.78 is 5.11. The number of furan rings is 1. The van der Waals surface area contributed by atoms with Gasteiger partial charge >= 0.3 is 0 Å². The Kier molecular flexibility index (Phi) is 6.48. The van der Waals surface area contributed by atoms with Crippen LogP contribution in [0.4, 0.5) is 0 Å². The maximum atomic E-state index is 5.27. The molecule has 2 N–H and O–H groups in total. The smallest absolute Gasteiger partial charge is 0.117 e. The Balaban J connectivity index is 0.000000261. The zero-order valence-electron chi connectivity index (χ0n) is 8.26. The van der Waals surface area contributed by atoms with Gasteiger partial charge in [0.1, 0.15) is 11.5 Å². The largest absolute Gasteiger partial charge is 0.465 e. The first-order valence-electron chi connectivity index (χ1n) is 4.49. The van der Waals surface area contributed by atoms with Crippen molar-refractivity contribution < 1.29 is 4.42 Å². The minimum absolute atomic E-state index is 0.494. The average molecular weight is 169 g/mol. The summed E-state index contributed by atoms with van der Waals surface area (Å²) in [5.74, 6) is 1.77. The molecule has 0 unspecified atom stereocenters. The van der Waals surface area contributed by atoms with E-state index in [1.54, 1.807) is 0 Å². The van der Waals surface area contributed by atoms with Crippen molar-refractivity contribution in [1.82, 2.24) is 0 Å². The van der Waals surface area contributed by atoms with Crippen LogP contribution >= 0.6 is 0 Å². The third-order valence-electron chi connectivity index (χ3n) is 1.50. The van der Waals surface area contributed by atoms with Gasteiger partial charge in [-0.05, 0) is 19.1 Å². The van der Waals surface area contributed by atoms with Crippen LogP contribution in [0.3, 0.4) is 0 Å². The summed E-state index contributed by atoms with van der Waals surface area (Å²) in [5.41, 5.74) is 5.27. The van der Waals surface area contributed by atoms with Gasteiger partial charge in [0.2, 0.25) is 0 Å². The number of hydrogen-bond donors (Lipinski definition) is 1. The first-order valence-corrected chi connectivity index (χ1v) is 4.49. The molecule has 0 aliphatic heterocycles. The normalized spacial score (nSPS) is 9.00. The molecule has 0 aliphatic carbocycles. The van der Waals surface area contributed by atoms with Gasteiger partial charge in [-0.3, -0.25) is 0 Å². The Labute approximate surface area is 74.8 Å². The summed E-state index contributed by atoms with van der Waals surface area (Å²) in [6.07, 6.45) is 2.64. The fourth-order valence-electron chi connectivity index (χ4n) is 0.595. The van der Waals surface area contributed by atoms with Crippen LogP contribution in [0.2, 0.25) is 0 Å². The van der Waals surface area contributed by atoms with Crippen molar-refractivity contribution in [3.8, 4) is 0 Å². The SMILES string of the molecule is CCCC.Cc1ccc(CN)o1. The molecule has 70 valence electrons. The fourth-order valence-corrected chi connectivity index (χ4v) is 0.595. The Morgan fingerprint density at radius 2 is 1.83 bits per heavy atom. The van der Waals surface area contributed by atoms with Gasteiger partial charge in [0.05, 0.1) is 6.54 Å². The van der Waals surface area contributed by atoms with Crippen molar-refractivity contribution in [2.24, 2.45) is 5.73 Å². The van der Waals surface area contributed by atoms with E-state index in [2.05, 4.69) is 13.8 Å². The molecule has 0 amide bonds. The number of nitrogens with two attached hydrogens (primary N) is 1. The molecule has 1 rings (SSSR count). The van der Waals surface area contributed by atoms with E-state index < -0.39 is 0 Å². The summed E-state index contributed by atoms with van der Waals surface area (Å²) in [5, 5.41) is 0. The monoisotopic (exact) mass is 169 g/mol. The topological polar surface area (TPSA) is 39.2 Å². The summed E-state index contributed by atoms with van der Waals surface area (Å²) in [6, 6.07) is 3.79. The van der Waals surface area contributed by atoms with Gasteiger partial charge in [-0.1, -0.05) is 26.7 Å². The molecule has 1 heterocycles. The van der Waals surface area contributed by atoms with E-state index in [0.29, 0.717) is 6.54 Å². The molecule has 0 radical (unpaired) electrons. The van der Waals surface area contributed by atoms with Gasteiger partial charge in [0, 0.05) is 0 Å². The molecule has 0 aromatic carbocycles. The Hall–Kier alpha value is -0.760. The van der Waals surface area contributed by atoms with E-state index in [1.807, 2.05) is 19.1 Å². The van der Waals surface area contributed by atoms with Crippen LogP contribution in [-0.4, -0.2) is 0 Å². The molecule has 0 fully saturated rings. The lowest BCUT2D eigenvalue weighted by molar-refractivity contribution is 0.485. The highest BCUT2D eigenvalue weighted by Gasteiger charge is 1.91. The van der Waals surface area contributed by atoms with Gasteiger partial charge in [-0.25, -0.2) is 0 Å². The molecule has 0 spiro atoms.